The predicted molar refractivity (Wildman–Crippen MR) is 106 cm³/mol. The van der Waals surface area contributed by atoms with Crippen LogP contribution in [0.2, 0.25) is 0 Å². The predicted octanol–water partition coefficient (Wildman–Crippen LogP) is 1.82. The van der Waals surface area contributed by atoms with Crippen LogP contribution in [-0.4, -0.2) is 64.8 Å². The van der Waals surface area contributed by atoms with E-state index in [0.29, 0.717) is 5.91 Å². The van der Waals surface area contributed by atoms with Crippen LogP contribution in [0.3, 0.4) is 0 Å². The topological polar surface area (TPSA) is 53.4 Å². The summed E-state index contributed by atoms with van der Waals surface area (Å²) in [6.07, 6.45) is 3.96. The number of aryl methyl sites for hydroxylation is 1. The molecule has 1 N–H and O–H groups in total. The van der Waals surface area contributed by atoms with Gasteiger partial charge in [-0.2, -0.15) is 5.10 Å². The van der Waals surface area contributed by atoms with Crippen molar-refractivity contribution in [3.8, 4) is 5.69 Å². The lowest BCUT2D eigenvalue weighted by atomic mass is 9.96. The highest BCUT2D eigenvalue weighted by Gasteiger charge is 2.30. The van der Waals surface area contributed by atoms with Gasteiger partial charge in [-0.25, -0.2) is 4.68 Å². The largest absolute Gasteiger partial charge is 0.340 e. The normalized spacial score (nSPS) is 21.4. The summed E-state index contributed by atoms with van der Waals surface area (Å²) in [5, 5.41) is 7.87. The van der Waals surface area contributed by atoms with Crippen molar-refractivity contribution in [2.24, 2.45) is 5.92 Å². The molecule has 1 aromatic heterocycles. The molecule has 3 heterocycles. The fourth-order valence-corrected chi connectivity index (χ4v) is 4.24. The summed E-state index contributed by atoms with van der Waals surface area (Å²) in [6.45, 7) is 8.36. The van der Waals surface area contributed by atoms with Crippen LogP contribution in [0, 0.1) is 12.8 Å². The third-order valence-electron chi connectivity index (χ3n) is 5.73. The van der Waals surface area contributed by atoms with E-state index in [1.54, 1.807) is 0 Å². The zero-order valence-corrected chi connectivity index (χ0v) is 16.1. The van der Waals surface area contributed by atoms with Gasteiger partial charge in [-0.1, -0.05) is 18.2 Å². The second-order valence-corrected chi connectivity index (χ2v) is 7.67. The number of carbonyl (C=O) groups is 1. The number of piperazine rings is 1. The average molecular weight is 367 g/mol. The van der Waals surface area contributed by atoms with Crippen LogP contribution in [0.4, 0.5) is 0 Å². The minimum atomic E-state index is 0.131. The summed E-state index contributed by atoms with van der Waals surface area (Å²) in [4.78, 5) is 17.3. The minimum Gasteiger partial charge on any atom is -0.340 e. The van der Waals surface area contributed by atoms with Crippen molar-refractivity contribution < 1.29 is 4.79 Å². The van der Waals surface area contributed by atoms with Gasteiger partial charge in [0.1, 0.15) is 0 Å². The van der Waals surface area contributed by atoms with Gasteiger partial charge >= 0.3 is 0 Å². The summed E-state index contributed by atoms with van der Waals surface area (Å²) >= 11 is 0. The molecule has 1 aromatic carbocycles. The van der Waals surface area contributed by atoms with Crippen LogP contribution in [0.5, 0.6) is 0 Å². The highest BCUT2D eigenvalue weighted by molar-refractivity contribution is 5.79. The highest BCUT2D eigenvalue weighted by atomic mass is 16.2. The second-order valence-electron chi connectivity index (χ2n) is 7.67. The Bertz CT molecular complexity index is 780. The molecule has 4 rings (SSSR count). The van der Waals surface area contributed by atoms with Crippen LogP contribution in [-0.2, 0) is 11.3 Å². The Hall–Kier alpha value is -2.18. The van der Waals surface area contributed by atoms with Gasteiger partial charge in [0.15, 0.2) is 0 Å². The number of carbonyl (C=O) groups excluding carboxylic acids is 1. The van der Waals surface area contributed by atoms with Gasteiger partial charge in [0, 0.05) is 45.5 Å². The summed E-state index contributed by atoms with van der Waals surface area (Å²) in [6, 6.07) is 10.4. The zero-order valence-electron chi connectivity index (χ0n) is 16.1. The van der Waals surface area contributed by atoms with Crippen LogP contribution in [0.15, 0.2) is 36.5 Å². The first kappa shape index (κ1) is 18.2. The van der Waals surface area contributed by atoms with Gasteiger partial charge in [0.2, 0.25) is 5.91 Å². The smallest absolute Gasteiger partial charge is 0.227 e. The Morgan fingerprint density at radius 2 is 2.00 bits per heavy atom. The van der Waals surface area contributed by atoms with E-state index in [1.807, 2.05) is 15.8 Å². The molecule has 27 heavy (non-hydrogen) atoms. The van der Waals surface area contributed by atoms with E-state index in [-0.39, 0.29) is 5.92 Å². The first-order valence-corrected chi connectivity index (χ1v) is 10.0. The van der Waals surface area contributed by atoms with Gasteiger partial charge in [-0.3, -0.25) is 9.69 Å². The standard InChI is InChI=1S/C21H29N5O/c1-17-5-2-3-7-20(17)26-19(8-9-23-26)16-24-12-4-6-18(15-24)21(27)25-13-10-22-11-14-25/h2-3,5,7-9,18,22H,4,6,10-16H2,1H3. The number of hydrogen-bond donors (Lipinski definition) is 1. The van der Waals surface area contributed by atoms with E-state index in [9.17, 15) is 4.79 Å². The fraction of sp³-hybridized carbons (Fsp3) is 0.524. The first-order chi connectivity index (χ1) is 13.2. The summed E-state index contributed by atoms with van der Waals surface area (Å²) in [7, 11) is 0. The molecule has 1 unspecified atom stereocenters. The first-order valence-electron chi connectivity index (χ1n) is 10.0. The van der Waals surface area contributed by atoms with Gasteiger partial charge < -0.3 is 10.2 Å². The van der Waals surface area contributed by atoms with Crippen LogP contribution < -0.4 is 5.32 Å². The molecule has 0 bridgehead atoms. The van der Waals surface area contributed by atoms with Crippen molar-refractivity contribution in [1.29, 1.82) is 0 Å². The molecular weight excluding hydrogens is 338 g/mol. The summed E-state index contributed by atoms with van der Waals surface area (Å²) < 4.78 is 2.04. The molecule has 2 saturated heterocycles. The molecule has 1 amide bonds. The third-order valence-corrected chi connectivity index (χ3v) is 5.73. The average Bonchev–Trinajstić information content (AvgIpc) is 3.16. The van der Waals surface area contributed by atoms with Crippen molar-refractivity contribution in [3.63, 3.8) is 0 Å². The number of nitrogens with one attached hydrogen (secondary N) is 1. The van der Waals surface area contributed by atoms with Gasteiger partial charge in [-0.15, -0.1) is 0 Å². The van der Waals surface area contributed by atoms with E-state index in [1.165, 1.54) is 11.3 Å². The Balaban J connectivity index is 1.44. The molecule has 2 aromatic rings. The van der Waals surface area contributed by atoms with E-state index in [4.69, 9.17) is 0 Å². The molecule has 1 atom stereocenters. The van der Waals surface area contributed by atoms with E-state index < -0.39 is 0 Å². The quantitative estimate of drug-likeness (QED) is 0.896. The Morgan fingerprint density at radius 3 is 2.81 bits per heavy atom. The Kier molecular flexibility index (Phi) is 5.55. The monoisotopic (exact) mass is 367 g/mol. The van der Waals surface area contributed by atoms with Crippen molar-refractivity contribution >= 4 is 5.91 Å². The Labute approximate surface area is 161 Å². The lowest BCUT2D eigenvalue weighted by Crippen LogP contribution is -2.51. The number of nitrogens with zero attached hydrogens (tertiary/aromatic N) is 4. The van der Waals surface area contributed by atoms with Crippen LogP contribution in [0.1, 0.15) is 24.1 Å². The van der Waals surface area contributed by atoms with Crippen molar-refractivity contribution in [2.45, 2.75) is 26.3 Å². The van der Waals surface area contributed by atoms with Gasteiger partial charge in [0.05, 0.1) is 17.3 Å². The van der Waals surface area contributed by atoms with Crippen molar-refractivity contribution in [1.82, 2.24) is 24.9 Å². The lowest BCUT2D eigenvalue weighted by Gasteiger charge is -2.36. The summed E-state index contributed by atoms with van der Waals surface area (Å²) in [5.41, 5.74) is 3.52. The van der Waals surface area contributed by atoms with Crippen molar-refractivity contribution in [3.05, 3.63) is 47.8 Å². The molecule has 6 nitrogen and oxygen atoms in total. The molecule has 0 radical (unpaired) electrons. The molecule has 2 fully saturated rings. The van der Waals surface area contributed by atoms with Crippen molar-refractivity contribution in [2.75, 3.05) is 39.3 Å². The maximum Gasteiger partial charge on any atom is 0.227 e. The molecule has 0 aliphatic carbocycles. The molecule has 144 valence electrons. The summed E-state index contributed by atoms with van der Waals surface area (Å²) in [5.74, 6) is 0.472. The molecular formula is C21H29N5O. The van der Waals surface area contributed by atoms with Crippen LogP contribution in [0.25, 0.3) is 5.69 Å². The molecule has 2 aliphatic heterocycles. The van der Waals surface area contributed by atoms with E-state index in [2.05, 4.69) is 52.6 Å². The maximum absolute atomic E-state index is 12.9. The zero-order chi connectivity index (χ0) is 18.6. The van der Waals surface area contributed by atoms with E-state index in [0.717, 1.165) is 64.3 Å². The molecule has 0 saturated carbocycles. The third kappa shape index (κ3) is 4.06. The van der Waals surface area contributed by atoms with Gasteiger partial charge in [0.25, 0.3) is 0 Å². The number of likely N-dealkylation sites (tertiary alicyclic amines) is 1. The van der Waals surface area contributed by atoms with Gasteiger partial charge in [-0.05, 0) is 44.0 Å². The van der Waals surface area contributed by atoms with E-state index >= 15 is 0 Å². The number of hydrogen-bond acceptors (Lipinski definition) is 4. The number of benzene rings is 1. The molecule has 0 spiro atoms. The maximum atomic E-state index is 12.9. The lowest BCUT2D eigenvalue weighted by molar-refractivity contribution is -0.138. The molecule has 2 aliphatic rings. The number of amides is 1. The Morgan fingerprint density at radius 1 is 1.19 bits per heavy atom. The SMILES string of the molecule is Cc1ccccc1-n1nccc1CN1CCCC(C(=O)N2CCNCC2)C1. The minimum absolute atomic E-state index is 0.131. The number of aromatic nitrogens is 2. The number of piperidine rings is 1. The number of para-hydroxylation sites is 1. The second kappa shape index (κ2) is 8.23. The van der Waals surface area contributed by atoms with Crippen LogP contribution >= 0.6 is 0 Å². The highest BCUT2D eigenvalue weighted by Crippen LogP contribution is 2.22. The fourth-order valence-electron chi connectivity index (χ4n) is 4.24. The molecule has 6 heteroatoms. The number of rotatable bonds is 4.